The van der Waals surface area contributed by atoms with Crippen molar-refractivity contribution in [1.29, 1.82) is 0 Å². The van der Waals surface area contributed by atoms with Crippen molar-refractivity contribution in [3.63, 3.8) is 0 Å². The molecule has 3 rings (SSSR count). The maximum atomic E-state index is 14.0. The molecular weight excluding hydrogens is 602 g/mol. The number of hydrogen-bond donors (Lipinski definition) is 1. The van der Waals surface area contributed by atoms with Crippen molar-refractivity contribution >= 4 is 43.5 Å². The number of amides is 2. The fraction of sp³-hybridized carbons (Fsp3) is 0.375. The summed E-state index contributed by atoms with van der Waals surface area (Å²) in [6.07, 6.45) is 0. The van der Waals surface area contributed by atoms with Crippen molar-refractivity contribution in [3.8, 4) is 0 Å². The fourth-order valence-corrected chi connectivity index (χ4v) is 5.91. The van der Waals surface area contributed by atoms with Gasteiger partial charge in [0.15, 0.2) is 0 Å². The minimum absolute atomic E-state index is 0.0850. The molecule has 0 saturated carbocycles. The summed E-state index contributed by atoms with van der Waals surface area (Å²) < 4.78 is 30.0. The Morgan fingerprint density at radius 2 is 1.44 bits per heavy atom. The summed E-state index contributed by atoms with van der Waals surface area (Å²) in [5.74, 6) is -0.554. The van der Waals surface area contributed by atoms with Crippen LogP contribution in [0.5, 0.6) is 0 Å². The monoisotopic (exact) mass is 641 g/mol. The molecule has 0 spiro atoms. The Balaban J connectivity index is 2.05. The van der Waals surface area contributed by atoms with Crippen LogP contribution in [0.25, 0.3) is 0 Å². The van der Waals surface area contributed by atoms with Gasteiger partial charge in [0.25, 0.3) is 10.0 Å². The van der Waals surface area contributed by atoms with Gasteiger partial charge in [0.05, 0.1) is 10.6 Å². The molecule has 0 bridgehead atoms. The van der Waals surface area contributed by atoms with Gasteiger partial charge in [0, 0.05) is 16.6 Å². The lowest BCUT2D eigenvalue weighted by molar-refractivity contribution is -0.140. The zero-order chi connectivity index (χ0) is 30.5. The largest absolute Gasteiger partial charge is 0.350 e. The van der Waals surface area contributed by atoms with Gasteiger partial charge in [-0.2, -0.15) is 0 Å². The van der Waals surface area contributed by atoms with E-state index in [0.29, 0.717) is 5.69 Å². The lowest BCUT2D eigenvalue weighted by Crippen LogP contribution is -2.54. The van der Waals surface area contributed by atoms with Crippen LogP contribution in [0.2, 0.25) is 0 Å². The average molecular weight is 643 g/mol. The Morgan fingerprint density at radius 3 is 1.95 bits per heavy atom. The first kappa shape index (κ1) is 32.3. The van der Waals surface area contributed by atoms with E-state index in [1.165, 1.54) is 4.90 Å². The quantitative estimate of drug-likeness (QED) is 0.277. The molecule has 1 N–H and O–H groups in total. The maximum absolute atomic E-state index is 14.0. The second-order valence-corrected chi connectivity index (χ2v) is 14.4. The molecule has 220 valence electrons. The third-order valence-electron chi connectivity index (χ3n) is 6.67. The van der Waals surface area contributed by atoms with Crippen LogP contribution in [-0.4, -0.2) is 43.3 Å². The van der Waals surface area contributed by atoms with E-state index >= 15 is 0 Å². The Kier molecular flexibility index (Phi) is 10.4. The van der Waals surface area contributed by atoms with E-state index in [0.717, 1.165) is 25.5 Å². The summed E-state index contributed by atoms with van der Waals surface area (Å²) in [6.45, 7) is 12.9. The first-order valence-corrected chi connectivity index (χ1v) is 15.9. The van der Waals surface area contributed by atoms with Crippen LogP contribution >= 0.6 is 15.9 Å². The Morgan fingerprint density at radius 1 is 0.878 bits per heavy atom. The van der Waals surface area contributed by atoms with E-state index in [-0.39, 0.29) is 23.3 Å². The Labute approximate surface area is 253 Å². The molecule has 0 aromatic heterocycles. The van der Waals surface area contributed by atoms with Gasteiger partial charge in [-0.1, -0.05) is 71.7 Å². The van der Waals surface area contributed by atoms with Crippen LogP contribution in [0, 0.1) is 6.92 Å². The standard InChI is InChI=1S/C32H40BrN3O4S/c1-22(2)26-12-16-28(17-13-26)36(41(39,40)29-18-8-23(3)9-19-29)21-30(37)35(20-25-10-14-27(33)15-11-25)24(4)31(38)34-32(5,6)7/h8-19,22,24H,20-21H2,1-7H3,(H,34,38)/t24-/m0/s1. The van der Waals surface area contributed by atoms with Crippen LogP contribution in [0.3, 0.4) is 0 Å². The van der Waals surface area contributed by atoms with Crippen LogP contribution in [0.15, 0.2) is 82.2 Å². The molecule has 1 atom stereocenters. The number of aryl methyl sites for hydroxylation is 1. The van der Waals surface area contributed by atoms with Crippen molar-refractivity contribution in [1.82, 2.24) is 10.2 Å². The van der Waals surface area contributed by atoms with Gasteiger partial charge < -0.3 is 10.2 Å². The molecule has 3 aromatic carbocycles. The summed E-state index contributed by atoms with van der Waals surface area (Å²) in [5.41, 5.74) is 2.66. The molecule has 0 aliphatic heterocycles. The molecule has 3 aromatic rings. The van der Waals surface area contributed by atoms with Gasteiger partial charge in [-0.15, -0.1) is 0 Å². The van der Waals surface area contributed by atoms with Crippen LogP contribution < -0.4 is 9.62 Å². The molecular formula is C32H40BrN3O4S. The maximum Gasteiger partial charge on any atom is 0.264 e. The van der Waals surface area contributed by atoms with Crippen molar-refractivity contribution in [3.05, 3.63) is 94.0 Å². The number of carbonyl (C=O) groups is 2. The Bertz CT molecular complexity index is 1450. The summed E-state index contributed by atoms with van der Waals surface area (Å²) in [4.78, 5) is 28.8. The van der Waals surface area contributed by atoms with E-state index < -0.39 is 34.1 Å². The van der Waals surface area contributed by atoms with Gasteiger partial charge in [-0.25, -0.2) is 8.42 Å². The SMILES string of the molecule is Cc1ccc(S(=O)(=O)N(CC(=O)N(Cc2ccc(Br)cc2)[C@@H](C)C(=O)NC(C)(C)C)c2ccc(C(C)C)cc2)cc1. The molecule has 41 heavy (non-hydrogen) atoms. The van der Waals surface area contributed by atoms with Crippen LogP contribution in [0.4, 0.5) is 5.69 Å². The highest BCUT2D eigenvalue weighted by molar-refractivity contribution is 9.10. The lowest BCUT2D eigenvalue weighted by Gasteiger charge is -2.33. The third kappa shape index (κ3) is 8.66. The second-order valence-electron chi connectivity index (χ2n) is 11.6. The molecule has 0 aliphatic carbocycles. The predicted octanol–water partition coefficient (Wildman–Crippen LogP) is 6.41. The number of nitrogens with one attached hydrogen (secondary N) is 1. The number of sulfonamides is 1. The number of anilines is 1. The van der Waals surface area contributed by atoms with Crippen LogP contribution in [-0.2, 0) is 26.2 Å². The minimum atomic E-state index is -4.11. The van der Waals surface area contributed by atoms with E-state index in [1.54, 1.807) is 43.3 Å². The molecule has 9 heteroatoms. The topological polar surface area (TPSA) is 86.8 Å². The zero-order valence-electron chi connectivity index (χ0n) is 24.8. The molecule has 0 aliphatic rings. The van der Waals surface area contributed by atoms with Gasteiger partial charge in [0.2, 0.25) is 11.8 Å². The summed E-state index contributed by atoms with van der Waals surface area (Å²) in [6, 6.07) is 20.4. The van der Waals surface area contributed by atoms with Crippen molar-refractivity contribution in [2.24, 2.45) is 0 Å². The molecule has 7 nitrogen and oxygen atoms in total. The number of nitrogens with zero attached hydrogens (tertiary/aromatic N) is 2. The highest BCUT2D eigenvalue weighted by Gasteiger charge is 2.33. The third-order valence-corrected chi connectivity index (χ3v) is 8.98. The smallest absolute Gasteiger partial charge is 0.264 e. The van der Waals surface area contributed by atoms with E-state index in [2.05, 4.69) is 35.1 Å². The molecule has 0 radical (unpaired) electrons. The van der Waals surface area contributed by atoms with Crippen molar-refractivity contribution in [2.45, 2.75) is 77.4 Å². The summed E-state index contributed by atoms with van der Waals surface area (Å²) >= 11 is 3.43. The Hall–Kier alpha value is -3.17. The van der Waals surface area contributed by atoms with Gasteiger partial charge in [-0.05, 0) is 88.1 Å². The van der Waals surface area contributed by atoms with Crippen LogP contribution in [0.1, 0.15) is 64.2 Å². The van der Waals surface area contributed by atoms with E-state index in [1.807, 2.05) is 64.1 Å². The molecule has 0 heterocycles. The van der Waals surface area contributed by atoms with Crippen molar-refractivity contribution < 1.29 is 18.0 Å². The average Bonchev–Trinajstić information content (AvgIpc) is 2.90. The molecule has 2 amide bonds. The fourth-order valence-electron chi connectivity index (χ4n) is 4.23. The summed E-state index contributed by atoms with van der Waals surface area (Å²) in [5, 5.41) is 2.94. The number of carbonyl (C=O) groups excluding carboxylic acids is 2. The van der Waals surface area contributed by atoms with E-state index in [9.17, 15) is 18.0 Å². The zero-order valence-corrected chi connectivity index (χ0v) is 27.2. The first-order valence-electron chi connectivity index (χ1n) is 13.6. The van der Waals surface area contributed by atoms with Gasteiger partial charge in [-0.3, -0.25) is 13.9 Å². The molecule has 0 saturated heterocycles. The normalized spacial score (nSPS) is 12.6. The lowest BCUT2D eigenvalue weighted by atomic mass is 10.0. The second kappa shape index (κ2) is 13.2. The number of rotatable bonds is 10. The predicted molar refractivity (Wildman–Crippen MR) is 168 cm³/mol. The van der Waals surface area contributed by atoms with Crippen molar-refractivity contribution in [2.75, 3.05) is 10.8 Å². The van der Waals surface area contributed by atoms with Gasteiger partial charge >= 0.3 is 0 Å². The molecule has 0 fully saturated rings. The summed E-state index contributed by atoms with van der Waals surface area (Å²) in [7, 11) is -4.11. The van der Waals surface area contributed by atoms with Gasteiger partial charge in [0.1, 0.15) is 12.6 Å². The molecule has 0 unspecified atom stereocenters. The number of halogens is 1. The number of benzene rings is 3. The first-order chi connectivity index (χ1) is 19.1. The minimum Gasteiger partial charge on any atom is -0.350 e. The highest BCUT2D eigenvalue weighted by atomic mass is 79.9. The highest BCUT2D eigenvalue weighted by Crippen LogP contribution is 2.27. The van der Waals surface area contributed by atoms with E-state index in [4.69, 9.17) is 0 Å². The number of hydrogen-bond acceptors (Lipinski definition) is 4.